The first kappa shape index (κ1) is 16.4. The number of carboxylic acid groups (broad SMARTS) is 1. The fourth-order valence-corrected chi connectivity index (χ4v) is 2.25. The maximum absolute atomic E-state index is 11.6. The van der Waals surface area contributed by atoms with Crippen molar-refractivity contribution in [3.63, 3.8) is 0 Å². The Morgan fingerprint density at radius 2 is 2.15 bits per heavy atom. The lowest BCUT2D eigenvalue weighted by atomic mass is 10.0. The summed E-state index contributed by atoms with van der Waals surface area (Å²) in [5.41, 5.74) is 2.56. The lowest BCUT2D eigenvalue weighted by molar-refractivity contribution is -0.141. The second-order valence-electron chi connectivity index (χ2n) is 4.88. The topological polar surface area (TPSA) is 91.3 Å². The van der Waals surface area contributed by atoms with Gasteiger partial charge in [0.15, 0.2) is 0 Å². The number of urea groups is 1. The Hall–Kier alpha value is -1.63. The van der Waals surface area contributed by atoms with Gasteiger partial charge in [0.25, 0.3) is 0 Å². The molecule has 1 rings (SSSR count). The standard InChI is InChI=1S/C13H21N3O3S/c1-9(12(17)18)4-3-5-10(2)16-13(19)14-6-11-7-20-8-15-11/h7-10H,3-6H2,1-2H3,(H,17,18)(H2,14,16,19). The third-order valence-corrected chi connectivity index (χ3v) is 3.62. The molecule has 0 bridgehead atoms. The van der Waals surface area contributed by atoms with Crippen molar-refractivity contribution in [1.29, 1.82) is 0 Å². The molecule has 0 aliphatic carbocycles. The molecule has 0 aromatic carbocycles. The number of aromatic nitrogens is 1. The lowest BCUT2D eigenvalue weighted by Gasteiger charge is -2.15. The van der Waals surface area contributed by atoms with E-state index in [1.54, 1.807) is 12.4 Å². The van der Waals surface area contributed by atoms with Crippen LogP contribution >= 0.6 is 11.3 Å². The summed E-state index contributed by atoms with van der Waals surface area (Å²) in [4.78, 5) is 26.4. The third-order valence-electron chi connectivity index (χ3n) is 2.99. The second-order valence-corrected chi connectivity index (χ2v) is 5.60. The average molecular weight is 299 g/mol. The zero-order valence-electron chi connectivity index (χ0n) is 11.8. The highest BCUT2D eigenvalue weighted by molar-refractivity contribution is 7.07. The van der Waals surface area contributed by atoms with Crippen LogP contribution in [0.25, 0.3) is 0 Å². The Balaban J connectivity index is 2.13. The van der Waals surface area contributed by atoms with Crippen molar-refractivity contribution in [1.82, 2.24) is 15.6 Å². The summed E-state index contributed by atoms with van der Waals surface area (Å²) in [6, 6.07) is -0.205. The third kappa shape index (κ3) is 6.51. The van der Waals surface area contributed by atoms with Gasteiger partial charge in [0.1, 0.15) is 0 Å². The fraction of sp³-hybridized carbons (Fsp3) is 0.615. The summed E-state index contributed by atoms with van der Waals surface area (Å²) in [7, 11) is 0. The average Bonchev–Trinajstić information content (AvgIpc) is 2.89. The van der Waals surface area contributed by atoms with E-state index in [4.69, 9.17) is 5.11 Å². The maximum Gasteiger partial charge on any atom is 0.315 e. The molecule has 1 aromatic heterocycles. The van der Waals surface area contributed by atoms with Crippen LogP contribution in [0.4, 0.5) is 4.79 Å². The summed E-state index contributed by atoms with van der Waals surface area (Å²) in [6.07, 6.45) is 2.17. The molecule has 3 N–H and O–H groups in total. The van der Waals surface area contributed by atoms with Gasteiger partial charge in [-0.05, 0) is 19.8 Å². The summed E-state index contributed by atoms with van der Waals surface area (Å²) in [5.74, 6) is -1.10. The molecule has 20 heavy (non-hydrogen) atoms. The van der Waals surface area contributed by atoms with E-state index in [1.807, 2.05) is 12.3 Å². The van der Waals surface area contributed by atoms with Crippen LogP contribution in [-0.4, -0.2) is 28.1 Å². The van der Waals surface area contributed by atoms with Crippen molar-refractivity contribution in [2.24, 2.45) is 5.92 Å². The fourth-order valence-electron chi connectivity index (χ4n) is 1.70. The number of amides is 2. The van der Waals surface area contributed by atoms with Crippen LogP contribution in [0.5, 0.6) is 0 Å². The molecule has 7 heteroatoms. The number of carboxylic acids is 1. The quantitative estimate of drug-likeness (QED) is 0.686. The molecule has 0 spiro atoms. The number of carbonyl (C=O) groups is 2. The predicted octanol–water partition coefficient (Wildman–Crippen LogP) is 2.22. The zero-order chi connectivity index (χ0) is 15.0. The highest BCUT2D eigenvalue weighted by Gasteiger charge is 2.12. The molecule has 0 saturated heterocycles. The van der Waals surface area contributed by atoms with E-state index in [9.17, 15) is 9.59 Å². The normalized spacial score (nSPS) is 13.5. The Morgan fingerprint density at radius 1 is 1.40 bits per heavy atom. The van der Waals surface area contributed by atoms with Crippen molar-refractivity contribution in [3.05, 3.63) is 16.6 Å². The first-order valence-corrected chi connectivity index (χ1v) is 7.57. The van der Waals surface area contributed by atoms with Crippen LogP contribution in [0.2, 0.25) is 0 Å². The van der Waals surface area contributed by atoms with Gasteiger partial charge in [-0.1, -0.05) is 13.3 Å². The van der Waals surface area contributed by atoms with E-state index in [0.29, 0.717) is 13.0 Å². The zero-order valence-corrected chi connectivity index (χ0v) is 12.6. The minimum atomic E-state index is -0.772. The van der Waals surface area contributed by atoms with Crippen molar-refractivity contribution < 1.29 is 14.7 Å². The first-order chi connectivity index (χ1) is 9.49. The Labute approximate surface area is 122 Å². The molecule has 6 nitrogen and oxygen atoms in total. The Bertz CT molecular complexity index is 423. The molecule has 1 aromatic rings. The molecule has 0 aliphatic rings. The highest BCUT2D eigenvalue weighted by Crippen LogP contribution is 2.09. The van der Waals surface area contributed by atoms with Crippen LogP contribution in [0, 0.1) is 5.92 Å². The van der Waals surface area contributed by atoms with E-state index >= 15 is 0 Å². The van der Waals surface area contributed by atoms with E-state index in [1.165, 1.54) is 11.3 Å². The van der Waals surface area contributed by atoms with Crippen LogP contribution < -0.4 is 10.6 Å². The number of carbonyl (C=O) groups excluding carboxylic acids is 1. The predicted molar refractivity (Wildman–Crippen MR) is 77.6 cm³/mol. The van der Waals surface area contributed by atoms with Gasteiger partial charge in [-0.3, -0.25) is 4.79 Å². The second kappa shape index (κ2) is 8.52. The number of nitrogens with one attached hydrogen (secondary N) is 2. The van der Waals surface area contributed by atoms with E-state index in [2.05, 4.69) is 15.6 Å². The molecule has 2 amide bonds. The number of aliphatic carboxylic acids is 1. The molecule has 2 unspecified atom stereocenters. The molecule has 2 atom stereocenters. The number of rotatable bonds is 8. The largest absolute Gasteiger partial charge is 0.481 e. The SMILES string of the molecule is CC(CCCC(C)C(=O)O)NC(=O)NCc1cscn1. The molecule has 0 aliphatic heterocycles. The van der Waals surface area contributed by atoms with E-state index < -0.39 is 5.97 Å². The van der Waals surface area contributed by atoms with Crippen LogP contribution in [0.3, 0.4) is 0 Å². The van der Waals surface area contributed by atoms with Gasteiger partial charge < -0.3 is 15.7 Å². The van der Waals surface area contributed by atoms with Gasteiger partial charge >= 0.3 is 12.0 Å². The Kier molecular flexibility index (Phi) is 7.00. The summed E-state index contributed by atoms with van der Waals surface area (Å²) in [5, 5.41) is 16.2. The smallest absolute Gasteiger partial charge is 0.315 e. The minimum absolute atomic E-state index is 0.0198. The minimum Gasteiger partial charge on any atom is -0.481 e. The number of hydrogen-bond acceptors (Lipinski definition) is 4. The van der Waals surface area contributed by atoms with Gasteiger partial charge in [-0.15, -0.1) is 11.3 Å². The van der Waals surface area contributed by atoms with Gasteiger partial charge in [0.2, 0.25) is 0 Å². The number of nitrogens with zero attached hydrogens (tertiary/aromatic N) is 1. The first-order valence-electron chi connectivity index (χ1n) is 6.63. The molecule has 0 radical (unpaired) electrons. The number of thiazole rings is 1. The Morgan fingerprint density at radius 3 is 2.75 bits per heavy atom. The van der Waals surface area contributed by atoms with E-state index in [0.717, 1.165) is 18.5 Å². The maximum atomic E-state index is 11.6. The van der Waals surface area contributed by atoms with Gasteiger partial charge in [-0.2, -0.15) is 0 Å². The molecule has 1 heterocycles. The summed E-state index contributed by atoms with van der Waals surface area (Å²) < 4.78 is 0. The van der Waals surface area contributed by atoms with Crippen molar-refractivity contribution in [2.75, 3.05) is 0 Å². The monoisotopic (exact) mass is 299 g/mol. The molecule has 0 fully saturated rings. The lowest BCUT2D eigenvalue weighted by Crippen LogP contribution is -2.40. The van der Waals surface area contributed by atoms with Gasteiger partial charge in [0.05, 0.1) is 23.7 Å². The molecule has 0 saturated carbocycles. The van der Waals surface area contributed by atoms with E-state index in [-0.39, 0.29) is 18.0 Å². The molecular weight excluding hydrogens is 278 g/mol. The van der Waals surface area contributed by atoms with Crippen molar-refractivity contribution in [3.8, 4) is 0 Å². The summed E-state index contributed by atoms with van der Waals surface area (Å²) >= 11 is 1.49. The van der Waals surface area contributed by atoms with Gasteiger partial charge in [0, 0.05) is 11.4 Å². The molecular formula is C13H21N3O3S. The van der Waals surface area contributed by atoms with Crippen molar-refractivity contribution >= 4 is 23.3 Å². The van der Waals surface area contributed by atoms with Gasteiger partial charge in [-0.25, -0.2) is 9.78 Å². The number of hydrogen-bond donors (Lipinski definition) is 3. The van der Waals surface area contributed by atoms with Crippen molar-refractivity contribution in [2.45, 2.75) is 45.7 Å². The molecule has 112 valence electrons. The summed E-state index contributed by atoms with van der Waals surface area (Å²) in [6.45, 7) is 4.02. The highest BCUT2D eigenvalue weighted by atomic mass is 32.1. The van der Waals surface area contributed by atoms with Crippen LogP contribution in [-0.2, 0) is 11.3 Å². The van der Waals surface area contributed by atoms with Crippen LogP contribution in [0.1, 0.15) is 38.8 Å². The van der Waals surface area contributed by atoms with Crippen LogP contribution in [0.15, 0.2) is 10.9 Å².